The van der Waals surface area contributed by atoms with Gasteiger partial charge in [0.2, 0.25) is 0 Å². The number of likely N-dealkylation sites (N-methyl/N-ethyl adjacent to an activating group) is 1. The number of hydrogen-bond donors (Lipinski definition) is 2. The van der Waals surface area contributed by atoms with Crippen LogP contribution in [-0.2, 0) is 11.3 Å². The summed E-state index contributed by atoms with van der Waals surface area (Å²) < 4.78 is 15.7. The maximum absolute atomic E-state index is 13.7. The van der Waals surface area contributed by atoms with E-state index in [1.807, 2.05) is 45.4 Å². The number of nitrogens with zero attached hydrogens (tertiary/aromatic N) is 2. The maximum atomic E-state index is 13.7. The van der Waals surface area contributed by atoms with Gasteiger partial charge in [0.1, 0.15) is 17.4 Å². The Labute approximate surface area is 175 Å². The third-order valence-corrected chi connectivity index (χ3v) is 5.54. The first-order valence-electron chi connectivity index (χ1n) is 9.75. The predicted octanol–water partition coefficient (Wildman–Crippen LogP) is 2.90. The number of hydrogen-bond acceptors (Lipinski definition) is 3. The summed E-state index contributed by atoms with van der Waals surface area (Å²) in [5, 5.41) is 5.96. The fraction of sp³-hybridized carbons (Fsp3) is 0.364. The Balaban J connectivity index is 1.77. The van der Waals surface area contributed by atoms with E-state index in [0.717, 1.165) is 38.2 Å². The fourth-order valence-electron chi connectivity index (χ4n) is 3.52. The summed E-state index contributed by atoms with van der Waals surface area (Å²) in [6, 6.07) is 8.85. The van der Waals surface area contributed by atoms with Crippen molar-refractivity contribution in [3.63, 3.8) is 0 Å². The zero-order chi connectivity index (χ0) is 21.1. The molecule has 1 unspecified atom stereocenters. The van der Waals surface area contributed by atoms with Crippen molar-refractivity contribution in [2.75, 3.05) is 13.6 Å². The molecule has 0 aliphatic carbocycles. The molecule has 7 heteroatoms. The molecule has 2 heterocycles. The fourth-order valence-corrected chi connectivity index (χ4v) is 4.43. The van der Waals surface area contributed by atoms with Gasteiger partial charge in [0.05, 0.1) is 12.7 Å². The number of thiazole rings is 1. The number of amides is 1. The van der Waals surface area contributed by atoms with Gasteiger partial charge in [0, 0.05) is 34.1 Å². The van der Waals surface area contributed by atoms with Crippen LogP contribution in [-0.4, -0.2) is 35.1 Å². The van der Waals surface area contributed by atoms with Crippen molar-refractivity contribution in [1.82, 2.24) is 14.9 Å². The van der Waals surface area contributed by atoms with Gasteiger partial charge in [-0.2, -0.15) is 0 Å². The first kappa shape index (κ1) is 21.2. The van der Waals surface area contributed by atoms with Crippen LogP contribution in [0.25, 0.3) is 16.9 Å². The Morgan fingerprint density at radius 2 is 2.07 bits per heavy atom. The predicted molar refractivity (Wildman–Crippen MR) is 115 cm³/mol. The molecular formula is C22H28FN4OS+. The second-order valence-electron chi connectivity index (χ2n) is 7.76. The van der Waals surface area contributed by atoms with Crippen LogP contribution in [0.3, 0.4) is 0 Å². The molecule has 3 rings (SSSR count). The van der Waals surface area contributed by atoms with Crippen LogP contribution in [0, 0.1) is 19.7 Å². The molecule has 1 atom stereocenters. The summed E-state index contributed by atoms with van der Waals surface area (Å²) in [6.45, 7) is 9.07. The maximum Gasteiger partial charge on any atom is 0.275 e. The van der Waals surface area contributed by atoms with Crippen molar-refractivity contribution >= 4 is 17.2 Å². The van der Waals surface area contributed by atoms with Crippen molar-refractivity contribution in [1.29, 1.82) is 0 Å². The molecule has 0 fully saturated rings. The average Bonchev–Trinajstić information content (AvgIpc) is 3.17. The number of aromatic nitrogens is 2. The molecule has 1 amide bonds. The van der Waals surface area contributed by atoms with E-state index in [1.54, 1.807) is 17.4 Å². The van der Waals surface area contributed by atoms with E-state index >= 15 is 0 Å². The number of halogens is 1. The molecule has 5 nitrogen and oxygen atoms in total. The van der Waals surface area contributed by atoms with Crippen LogP contribution >= 0.6 is 11.3 Å². The lowest BCUT2D eigenvalue weighted by Gasteiger charge is -2.13. The molecule has 0 saturated heterocycles. The van der Waals surface area contributed by atoms with Gasteiger partial charge in [-0.25, -0.2) is 9.37 Å². The molecule has 0 spiro atoms. The van der Waals surface area contributed by atoms with E-state index < -0.39 is 0 Å². The molecule has 0 saturated carbocycles. The Hall–Kier alpha value is -2.51. The average molecular weight is 416 g/mol. The smallest absolute Gasteiger partial charge is 0.275 e. The number of carbonyl (C=O) groups excluding carboxylic acids is 1. The largest absolute Gasteiger partial charge is 0.349 e. The first-order chi connectivity index (χ1) is 13.7. The molecule has 2 N–H and O–H groups in total. The van der Waals surface area contributed by atoms with Gasteiger partial charge < -0.3 is 14.8 Å². The second-order valence-corrected chi connectivity index (χ2v) is 8.70. The van der Waals surface area contributed by atoms with Crippen LogP contribution in [0.4, 0.5) is 4.39 Å². The van der Waals surface area contributed by atoms with Gasteiger partial charge in [0.25, 0.3) is 5.91 Å². The highest BCUT2D eigenvalue weighted by Gasteiger charge is 2.17. The summed E-state index contributed by atoms with van der Waals surface area (Å²) in [5.41, 5.74) is 4.83. The lowest BCUT2D eigenvalue weighted by atomic mass is 10.2. The Morgan fingerprint density at radius 1 is 1.31 bits per heavy atom. The number of rotatable bonds is 7. The summed E-state index contributed by atoms with van der Waals surface area (Å²) in [7, 11) is 2.00. The zero-order valence-electron chi connectivity index (χ0n) is 17.5. The monoisotopic (exact) mass is 415 g/mol. The molecular weight excluding hydrogens is 387 g/mol. The number of aryl methyl sites for hydroxylation is 1. The second kappa shape index (κ2) is 8.88. The third kappa shape index (κ3) is 5.10. The summed E-state index contributed by atoms with van der Waals surface area (Å²) in [5.74, 6) is -0.201. The normalized spacial score (nSPS) is 12.4. The lowest BCUT2D eigenvalue weighted by Crippen LogP contribution is -3.09. The summed E-state index contributed by atoms with van der Waals surface area (Å²) in [4.78, 5) is 17.8. The highest BCUT2D eigenvalue weighted by atomic mass is 32.1. The highest BCUT2D eigenvalue weighted by molar-refractivity contribution is 7.09. The quantitative estimate of drug-likeness (QED) is 0.624. The first-order valence-corrected chi connectivity index (χ1v) is 10.6. The molecule has 2 aromatic heterocycles. The SMILES string of the molecule is Cc1cc(-c2csc(C[NH+](C)CC(=O)NC(C)C)n2)c(C)n1-c1cccc(F)c1. The number of carbonyl (C=O) groups is 1. The van der Waals surface area contributed by atoms with Crippen molar-refractivity contribution in [2.45, 2.75) is 40.3 Å². The van der Waals surface area contributed by atoms with Crippen molar-refractivity contribution in [3.8, 4) is 16.9 Å². The van der Waals surface area contributed by atoms with Crippen LogP contribution in [0.15, 0.2) is 35.7 Å². The minimum Gasteiger partial charge on any atom is -0.349 e. The molecule has 154 valence electrons. The minimum atomic E-state index is -0.250. The molecule has 1 aromatic carbocycles. The molecule has 0 aliphatic rings. The van der Waals surface area contributed by atoms with Crippen molar-refractivity contribution < 1.29 is 14.1 Å². The Bertz CT molecular complexity index is 1010. The number of benzene rings is 1. The van der Waals surface area contributed by atoms with E-state index in [2.05, 4.69) is 16.8 Å². The van der Waals surface area contributed by atoms with Crippen LogP contribution in [0.5, 0.6) is 0 Å². The van der Waals surface area contributed by atoms with E-state index in [-0.39, 0.29) is 17.8 Å². The standard InChI is InChI=1S/C22H27FN4OS/c1-14(2)24-21(28)11-26(5)12-22-25-20(13-29-22)19-9-15(3)27(16(19)4)18-8-6-7-17(23)10-18/h6-10,13-14H,11-12H2,1-5H3,(H,24,28)/p+1. The molecule has 3 aromatic rings. The number of quaternary nitrogens is 1. The van der Waals surface area contributed by atoms with Crippen LogP contribution in [0.2, 0.25) is 0 Å². The minimum absolute atomic E-state index is 0.0490. The van der Waals surface area contributed by atoms with Crippen molar-refractivity contribution in [3.05, 3.63) is 57.9 Å². The van der Waals surface area contributed by atoms with Gasteiger partial charge in [-0.3, -0.25) is 4.79 Å². The molecule has 29 heavy (non-hydrogen) atoms. The zero-order valence-corrected chi connectivity index (χ0v) is 18.4. The van der Waals surface area contributed by atoms with Gasteiger partial charge in [-0.15, -0.1) is 11.3 Å². The van der Waals surface area contributed by atoms with Gasteiger partial charge >= 0.3 is 0 Å². The Kier molecular flexibility index (Phi) is 6.49. The summed E-state index contributed by atoms with van der Waals surface area (Å²) >= 11 is 1.60. The van der Waals surface area contributed by atoms with Gasteiger partial charge in [0.15, 0.2) is 6.54 Å². The Morgan fingerprint density at radius 3 is 2.76 bits per heavy atom. The topological polar surface area (TPSA) is 51.4 Å². The van der Waals surface area contributed by atoms with E-state index in [9.17, 15) is 9.18 Å². The lowest BCUT2D eigenvalue weighted by molar-refractivity contribution is -0.885. The van der Waals surface area contributed by atoms with Crippen LogP contribution in [0.1, 0.15) is 30.2 Å². The molecule has 0 bridgehead atoms. The van der Waals surface area contributed by atoms with E-state index in [1.165, 1.54) is 12.1 Å². The van der Waals surface area contributed by atoms with Gasteiger partial charge in [-0.05, 0) is 52.0 Å². The molecule has 0 aliphatic heterocycles. The highest BCUT2D eigenvalue weighted by Crippen LogP contribution is 2.30. The summed E-state index contributed by atoms with van der Waals surface area (Å²) in [6.07, 6.45) is 0. The molecule has 0 radical (unpaired) electrons. The van der Waals surface area contributed by atoms with E-state index in [0.29, 0.717) is 13.1 Å². The number of nitrogens with one attached hydrogen (secondary N) is 2. The van der Waals surface area contributed by atoms with Crippen molar-refractivity contribution in [2.24, 2.45) is 0 Å². The third-order valence-electron chi connectivity index (χ3n) is 4.69. The van der Waals surface area contributed by atoms with Gasteiger partial charge in [-0.1, -0.05) is 6.07 Å². The van der Waals surface area contributed by atoms with E-state index in [4.69, 9.17) is 4.98 Å². The van der Waals surface area contributed by atoms with Crippen LogP contribution < -0.4 is 10.2 Å².